The van der Waals surface area contributed by atoms with Crippen molar-refractivity contribution in [3.8, 4) is 0 Å². The predicted octanol–water partition coefficient (Wildman–Crippen LogP) is -5.83. The van der Waals surface area contributed by atoms with Crippen LogP contribution in [0.15, 0.2) is 0 Å². The van der Waals surface area contributed by atoms with Gasteiger partial charge in [0.15, 0.2) is 0 Å². The van der Waals surface area contributed by atoms with E-state index in [0.29, 0.717) is 0 Å². The van der Waals surface area contributed by atoms with E-state index in [1.54, 1.807) is 0 Å². The average Bonchev–Trinajstić information content (AvgIpc) is 0.722. The van der Waals surface area contributed by atoms with Crippen molar-refractivity contribution in [2.45, 2.75) is 0 Å². The maximum absolute atomic E-state index is 8.55. The monoisotopic (exact) mass is 176 g/mol. The first-order chi connectivity index (χ1) is 2.00. The van der Waals surface area contributed by atoms with Gasteiger partial charge >= 0.3 is 74.4 Å². The molecule has 0 aromatic carbocycles. The fourth-order valence-corrected chi connectivity index (χ4v) is 0. The van der Waals surface area contributed by atoms with Gasteiger partial charge in [-0.15, -0.1) is 0 Å². The van der Waals surface area contributed by atoms with E-state index < -0.39 is 7.82 Å². The second-order valence-corrected chi connectivity index (χ2v) is 1.34. The number of phosphoric acid groups is 1. The van der Waals surface area contributed by atoms with Crippen LogP contribution in [0, 0.1) is 0 Å². The van der Waals surface area contributed by atoms with Gasteiger partial charge in [0.2, 0.25) is 0 Å². The largest absolute Gasteiger partial charge is 2.00 e. The van der Waals surface area contributed by atoms with E-state index in [0.717, 1.165) is 0 Å². The maximum Gasteiger partial charge on any atom is 2.00 e. The zero-order valence-electron chi connectivity index (χ0n) is 4.79. The van der Waals surface area contributed by atoms with Gasteiger partial charge in [-0.25, -0.2) is 0 Å². The number of hydrogen-bond donors (Lipinski definition) is 1. The van der Waals surface area contributed by atoms with Gasteiger partial charge in [0.05, 0.1) is 0 Å². The molecule has 0 spiro atoms. The molecule has 0 radical (unpaired) electrons. The van der Waals surface area contributed by atoms with Gasteiger partial charge in [0.25, 0.3) is 0 Å². The summed E-state index contributed by atoms with van der Waals surface area (Å²) in [5, 5.41) is 0. The summed E-state index contributed by atoms with van der Waals surface area (Å²) in [4.78, 5) is 25.6. The van der Waals surface area contributed by atoms with E-state index >= 15 is 0 Å². The number of rotatable bonds is 0. The summed E-state index contributed by atoms with van der Waals surface area (Å²) >= 11 is 0. The van der Waals surface area contributed by atoms with E-state index in [1.807, 2.05) is 0 Å². The summed E-state index contributed by atoms with van der Waals surface area (Å²) in [7, 11) is -5.39. The molecule has 0 atom stereocenters. The van der Waals surface area contributed by atoms with Crippen molar-refractivity contribution < 1.29 is 70.6 Å². The van der Waals surface area contributed by atoms with Crippen molar-refractivity contribution in [2.75, 3.05) is 0 Å². The minimum atomic E-state index is -5.39. The third-order valence-corrected chi connectivity index (χ3v) is 0. The molecule has 0 saturated heterocycles. The maximum atomic E-state index is 8.55. The molecule has 40 valence electrons. The molecule has 4 N–H and O–H groups in total. The summed E-state index contributed by atoms with van der Waals surface area (Å²) in [5.41, 5.74) is 0. The van der Waals surface area contributed by atoms with Crippen LogP contribution in [0.2, 0.25) is 0 Å². The first kappa shape index (κ1) is 22.4. The molecule has 8 heteroatoms. The Morgan fingerprint density at radius 3 is 1.12 bits per heavy atom. The van der Waals surface area contributed by atoms with Gasteiger partial charge in [-0.05, 0) is 0 Å². The van der Waals surface area contributed by atoms with Crippen LogP contribution in [0.3, 0.4) is 0 Å². The van der Waals surface area contributed by atoms with E-state index in [4.69, 9.17) is 19.2 Å². The Kier molecular flexibility index (Phi) is 26.6. The number of quaternary nitrogens is 1. The van der Waals surface area contributed by atoms with E-state index in [1.165, 1.54) is 0 Å². The van der Waals surface area contributed by atoms with Crippen molar-refractivity contribution in [2.24, 2.45) is 0 Å². The Hall–Kier alpha value is 2.47. The standard InChI is InChI=1S/K.Mg.H3N.H3O4P/c;;;1-5(2,3)4/h;;1H3;(H3,1,2,3,4)/q+1;+2;;/p-2. The third kappa shape index (κ3) is 77.4. The summed E-state index contributed by atoms with van der Waals surface area (Å²) in [5.74, 6) is 0. The van der Waals surface area contributed by atoms with Crippen LogP contribution in [0.25, 0.3) is 0 Å². The van der Waals surface area contributed by atoms with Crippen LogP contribution in [-0.4, -0.2) is 23.1 Å². The van der Waals surface area contributed by atoms with Gasteiger partial charge in [-0.1, -0.05) is 0 Å². The summed E-state index contributed by atoms with van der Waals surface area (Å²) in [6.07, 6.45) is 0. The molecule has 0 unspecified atom stereocenters. The molecule has 0 rings (SSSR count). The van der Waals surface area contributed by atoms with Crippen LogP contribution in [-0.2, 0) is 4.57 Å². The zero-order chi connectivity index (χ0) is 4.50. The van der Waals surface area contributed by atoms with Crippen LogP contribution >= 0.6 is 7.82 Å². The average molecular weight is 176 g/mol. The fourth-order valence-electron chi connectivity index (χ4n) is 0. The Labute approximate surface area is 106 Å². The minimum absolute atomic E-state index is 0. The minimum Gasteiger partial charge on any atom is -0.822 e. The molecular weight excluding hydrogens is 172 g/mol. The zero-order valence-corrected chi connectivity index (χ0v) is 10.2. The molecule has 0 aromatic rings. The SMILES string of the molecule is O=P([O-])([O-])[O-].[K+].[Mg+2].[NH4+]. The van der Waals surface area contributed by atoms with E-state index in [2.05, 4.69) is 0 Å². The van der Waals surface area contributed by atoms with E-state index in [-0.39, 0.29) is 80.6 Å². The molecule has 5 nitrogen and oxygen atoms in total. The Balaban J connectivity index is -0.0000000267. The molecule has 0 saturated carbocycles. The van der Waals surface area contributed by atoms with Gasteiger partial charge in [0, 0.05) is 0 Å². The Bertz CT molecular complexity index is 62.2. The first-order valence-electron chi connectivity index (χ1n) is 0.730. The Morgan fingerprint density at radius 1 is 1.12 bits per heavy atom. The van der Waals surface area contributed by atoms with Gasteiger partial charge < -0.3 is 25.4 Å². The summed E-state index contributed by atoms with van der Waals surface area (Å²) in [6, 6.07) is 0. The summed E-state index contributed by atoms with van der Waals surface area (Å²) in [6.45, 7) is 0. The fraction of sp³-hybridized carbons (Fsp3) is 0. The van der Waals surface area contributed by atoms with Gasteiger partial charge in [-0.3, -0.25) is 0 Å². The molecule has 0 bridgehead atoms. The van der Waals surface area contributed by atoms with Crippen molar-refractivity contribution in [1.82, 2.24) is 6.15 Å². The van der Waals surface area contributed by atoms with E-state index in [9.17, 15) is 0 Å². The van der Waals surface area contributed by atoms with Crippen LogP contribution < -0.4 is 72.2 Å². The van der Waals surface area contributed by atoms with Crippen molar-refractivity contribution >= 4 is 30.9 Å². The molecular formula is H4KMgNO4P+. The third-order valence-electron chi connectivity index (χ3n) is 0. The normalized spacial score (nSPS) is 7.38. The molecule has 0 heterocycles. The van der Waals surface area contributed by atoms with Gasteiger partial charge in [-0.2, -0.15) is 7.82 Å². The molecule has 0 aliphatic rings. The quantitative estimate of drug-likeness (QED) is 0.292. The molecule has 0 aromatic heterocycles. The van der Waals surface area contributed by atoms with Crippen molar-refractivity contribution in [3.63, 3.8) is 0 Å². The van der Waals surface area contributed by atoms with Crippen molar-refractivity contribution in [3.05, 3.63) is 0 Å². The number of hydrogen-bond acceptors (Lipinski definition) is 4. The molecule has 0 fully saturated rings. The molecule has 0 aliphatic carbocycles. The predicted molar refractivity (Wildman–Crippen MR) is 19.3 cm³/mol. The molecule has 0 aliphatic heterocycles. The second-order valence-electron chi connectivity index (χ2n) is 0.447. The second kappa shape index (κ2) is 9.47. The van der Waals surface area contributed by atoms with Crippen LogP contribution in [0.4, 0.5) is 0 Å². The first-order valence-corrected chi connectivity index (χ1v) is 2.19. The van der Waals surface area contributed by atoms with Gasteiger partial charge in [0.1, 0.15) is 0 Å². The topological polar surface area (TPSA) is 123 Å². The Morgan fingerprint density at radius 2 is 1.12 bits per heavy atom. The van der Waals surface area contributed by atoms with Crippen molar-refractivity contribution in [1.29, 1.82) is 0 Å². The summed E-state index contributed by atoms with van der Waals surface area (Å²) < 4.78 is 8.55. The smallest absolute Gasteiger partial charge is 0.822 e. The van der Waals surface area contributed by atoms with Crippen LogP contribution in [0.1, 0.15) is 0 Å². The molecule has 8 heavy (non-hydrogen) atoms. The van der Waals surface area contributed by atoms with Crippen LogP contribution in [0.5, 0.6) is 0 Å². The molecule has 0 amide bonds.